The van der Waals surface area contributed by atoms with Crippen molar-refractivity contribution in [2.75, 3.05) is 57.2 Å². The van der Waals surface area contributed by atoms with E-state index in [4.69, 9.17) is 14.2 Å². The van der Waals surface area contributed by atoms with Crippen molar-refractivity contribution in [3.8, 4) is 17.2 Å². The third kappa shape index (κ3) is 5.34. The van der Waals surface area contributed by atoms with E-state index in [1.807, 2.05) is 29.2 Å². The van der Waals surface area contributed by atoms with Crippen LogP contribution >= 0.6 is 0 Å². The number of rotatable bonds is 7. The second kappa shape index (κ2) is 9.87. The number of carbonyl (C=O) groups is 2. The Morgan fingerprint density at radius 2 is 1.60 bits per heavy atom. The fraction of sp³-hybridized carbons (Fsp3) is 0.364. The number of ether oxygens (including phenoxy) is 3. The maximum absolute atomic E-state index is 12.2. The van der Waals surface area contributed by atoms with Gasteiger partial charge in [-0.2, -0.15) is 0 Å². The molecule has 1 saturated heterocycles. The minimum absolute atomic E-state index is 0.106. The first-order valence-corrected chi connectivity index (χ1v) is 9.75. The molecule has 0 saturated carbocycles. The largest absolute Gasteiger partial charge is 0.493 e. The van der Waals surface area contributed by atoms with Gasteiger partial charge in [0.2, 0.25) is 5.91 Å². The Bertz CT molecular complexity index is 877. The molecule has 1 aliphatic rings. The van der Waals surface area contributed by atoms with Gasteiger partial charge in [-0.15, -0.1) is 0 Å². The third-order valence-electron chi connectivity index (χ3n) is 4.96. The van der Waals surface area contributed by atoms with Gasteiger partial charge >= 0.3 is 0 Å². The van der Waals surface area contributed by atoms with E-state index in [2.05, 4.69) is 10.2 Å². The van der Waals surface area contributed by atoms with Crippen LogP contribution in [-0.2, 0) is 9.59 Å². The van der Waals surface area contributed by atoms with Crippen molar-refractivity contribution in [1.29, 1.82) is 0 Å². The second-order valence-corrected chi connectivity index (χ2v) is 6.89. The highest BCUT2D eigenvalue weighted by molar-refractivity contribution is 5.92. The molecule has 2 aromatic rings. The Balaban J connectivity index is 1.49. The molecule has 0 aliphatic carbocycles. The Hall–Kier alpha value is -3.42. The first kappa shape index (κ1) is 21.3. The van der Waals surface area contributed by atoms with E-state index < -0.39 is 0 Å². The van der Waals surface area contributed by atoms with Crippen LogP contribution in [0.2, 0.25) is 0 Å². The minimum atomic E-state index is -0.272. The lowest BCUT2D eigenvalue weighted by atomic mass is 10.2. The summed E-state index contributed by atoms with van der Waals surface area (Å²) in [7, 11) is 3.10. The summed E-state index contributed by atoms with van der Waals surface area (Å²) in [5, 5.41) is 2.77. The number of hydrogen-bond acceptors (Lipinski definition) is 6. The first-order valence-electron chi connectivity index (χ1n) is 9.75. The minimum Gasteiger partial charge on any atom is -0.493 e. The molecule has 30 heavy (non-hydrogen) atoms. The van der Waals surface area contributed by atoms with Gasteiger partial charge in [-0.05, 0) is 36.4 Å². The van der Waals surface area contributed by atoms with Gasteiger partial charge in [-0.3, -0.25) is 9.59 Å². The molecule has 0 radical (unpaired) electrons. The molecule has 2 amide bonds. The summed E-state index contributed by atoms with van der Waals surface area (Å²) in [5.41, 5.74) is 1.67. The van der Waals surface area contributed by atoms with Crippen LogP contribution in [0.1, 0.15) is 6.92 Å². The molecule has 0 aromatic heterocycles. The lowest BCUT2D eigenvalue weighted by Gasteiger charge is -2.35. The predicted octanol–water partition coefficient (Wildman–Crippen LogP) is 2.39. The van der Waals surface area contributed by atoms with Crippen LogP contribution in [0.4, 0.5) is 11.4 Å². The zero-order valence-electron chi connectivity index (χ0n) is 17.5. The monoisotopic (exact) mass is 413 g/mol. The maximum Gasteiger partial charge on any atom is 0.262 e. The van der Waals surface area contributed by atoms with E-state index in [9.17, 15) is 9.59 Å². The molecule has 1 N–H and O–H groups in total. The smallest absolute Gasteiger partial charge is 0.262 e. The summed E-state index contributed by atoms with van der Waals surface area (Å²) >= 11 is 0. The molecular formula is C22H27N3O5. The quantitative estimate of drug-likeness (QED) is 0.751. The Kier molecular flexibility index (Phi) is 7.00. The standard InChI is InChI=1S/C22H27N3O5/c1-16(26)24-10-12-25(13-11-24)18-5-7-19(8-6-18)30-15-22(27)23-17-4-9-20(28-2)21(14-17)29-3/h4-9,14H,10-13,15H2,1-3H3,(H,23,27). The summed E-state index contributed by atoms with van der Waals surface area (Å²) in [6.45, 7) is 4.54. The lowest BCUT2D eigenvalue weighted by molar-refractivity contribution is -0.129. The van der Waals surface area contributed by atoms with E-state index in [-0.39, 0.29) is 18.4 Å². The van der Waals surface area contributed by atoms with Crippen molar-refractivity contribution >= 4 is 23.2 Å². The molecule has 0 spiro atoms. The van der Waals surface area contributed by atoms with Crippen LogP contribution in [0.5, 0.6) is 17.2 Å². The van der Waals surface area contributed by atoms with Gasteiger partial charge in [-0.25, -0.2) is 0 Å². The summed E-state index contributed by atoms with van der Waals surface area (Å²) in [5.74, 6) is 1.59. The molecule has 1 heterocycles. The molecule has 160 valence electrons. The van der Waals surface area contributed by atoms with Gasteiger partial charge in [0, 0.05) is 50.5 Å². The van der Waals surface area contributed by atoms with Gasteiger partial charge in [-0.1, -0.05) is 0 Å². The number of hydrogen-bond donors (Lipinski definition) is 1. The van der Waals surface area contributed by atoms with Crippen LogP contribution in [-0.4, -0.2) is 63.7 Å². The van der Waals surface area contributed by atoms with E-state index in [0.717, 1.165) is 31.9 Å². The fourth-order valence-corrected chi connectivity index (χ4v) is 3.29. The van der Waals surface area contributed by atoms with E-state index in [1.54, 1.807) is 39.3 Å². The molecule has 1 aliphatic heterocycles. The number of benzene rings is 2. The summed E-state index contributed by atoms with van der Waals surface area (Å²) in [4.78, 5) is 27.7. The van der Waals surface area contributed by atoms with Gasteiger partial charge in [0.15, 0.2) is 18.1 Å². The molecule has 0 bridgehead atoms. The molecule has 8 nitrogen and oxygen atoms in total. The van der Waals surface area contributed by atoms with Crippen molar-refractivity contribution < 1.29 is 23.8 Å². The number of piperazine rings is 1. The van der Waals surface area contributed by atoms with E-state index in [0.29, 0.717) is 22.9 Å². The molecule has 2 aromatic carbocycles. The van der Waals surface area contributed by atoms with Gasteiger partial charge in [0.05, 0.1) is 14.2 Å². The zero-order chi connectivity index (χ0) is 21.5. The van der Waals surface area contributed by atoms with Gasteiger partial charge in [0.25, 0.3) is 5.91 Å². The van der Waals surface area contributed by atoms with Crippen molar-refractivity contribution in [2.24, 2.45) is 0 Å². The van der Waals surface area contributed by atoms with Crippen molar-refractivity contribution in [2.45, 2.75) is 6.92 Å². The average molecular weight is 413 g/mol. The van der Waals surface area contributed by atoms with Crippen LogP contribution < -0.4 is 24.4 Å². The molecular weight excluding hydrogens is 386 g/mol. The van der Waals surface area contributed by atoms with Crippen LogP contribution in [0.3, 0.4) is 0 Å². The SMILES string of the molecule is COc1ccc(NC(=O)COc2ccc(N3CCN(C(C)=O)CC3)cc2)cc1OC. The number of carbonyl (C=O) groups excluding carboxylic acids is 2. The summed E-state index contributed by atoms with van der Waals surface area (Å²) < 4.78 is 16.0. The highest BCUT2D eigenvalue weighted by Crippen LogP contribution is 2.29. The highest BCUT2D eigenvalue weighted by atomic mass is 16.5. The van der Waals surface area contributed by atoms with Gasteiger partial charge < -0.3 is 29.3 Å². The van der Waals surface area contributed by atoms with Crippen molar-refractivity contribution in [3.63, 3.8) is 0 Å². The van der Waals surface area contributed by atoms with Gasteiger partial charge in [0.1, 0.15) is 5.75 Å². The van der Waals surface area contributed by atoms with Crippen LogP contribution in [0, 0.1) is 0 Å². The topological polar surface area (TPSA) is 80.3 Å². The summed E-state index contributed by atoms with van der Waals surface area (Å²) in [6.07, 6.45) is 0. The highest BCUT2D eigenvalue weighted by Gasteiger charge is 2.18. The predicted molar refractivity (Wildman–Crippen MR) is 115 cm³/mol. The zero-order valence-corrected chi connectivity index (χ0v) is 17.5. The number of nitrogens with one attached hydrogen (secondary N) is 1. The van der Waals surface area contributed by atoms with E-state index in [1.165, 1.54) is 0 Å². The Labute approximate surface area is 176 Å². The normalized spacial score (nSPS) is 13.6. The van der Waals surface area contributed by atoms with Crippen LogP contribution in [0.15, 0.2) is 42.5 Å². The molecule has 1 fully saturated rings. The number of amides is 2. The Morgan fingerprint density at radius 3 is 2.20 bits per heavy atom. The van der Waals surface area contributed by atoms with Crippen LogP contribution in [0.25, 0.3) is 0 Å². The molecule has 0 atom stereocenters. The maximum atomic E-state index is 12.2. The fourth-order valence-electron chi connectivity index (χ4n) is 3.29. The summed E-state index contributed by atoms with van der Waals surface area (Å²) in [6, 6.07) is 12.8. The lowest BCUT2D eigenvalue weighted by Crippen LogP contribution is -2.48. The third-order valence-corrected chi connectivity index (χ3v) is 4.96. The molecule has 0 unspecified atom stereocenters. The molecule has 8 heteroatoms. The second-order valence-electron chi connectivity index (χ2n) is 6.89. The number of methoxy groups -OCH3 is 2. The molecule has 3 rings (SSSR count). The van der Waals surface area contributed by atoms with Crippen molar-refractivity contribution in [3.05, 3.63) is 42.5 Å². The Morgan fingerprint density at radius 1 is 0.933 bits per heavy atom. The number of anilines is 2. The average Bonchev–Trinajstić information content (AvgIpc) is 2.78. The first-order chi connectivity index (χ1) is 14.5. The van der Waals surface area contributed by atoms with E-state index >= 15 is 0 Å². The van der Waals surface area contributed by atoms with Crippen molar-refractivity contribution in [1.82, 2.24) is 4.90 Å². The number of nitrogens with zero attached hydrogens (tertiary/aromatic N) is 2.